The maximum Gasteiger partial charge on any atom is 0.143 e. The van der Waals surface area contributed by atoms with E-state index in [2.05, 4.69) is 5.32 Å². The third-order valence-electron chi connectivity index (χ3n) is 2.28. The molecule has 0 atom stereocenters. The molecule has 4 N–H and O–H groups in total. The van der Waals surface area contributed by atoms with Crippen LogP contribution in [0.4, 0.5) is 5.69 Å². The Labute approximate surface area is 71.2 Å². The summed E-state index contributed by atoms with van der Waals surface area (Å²) in [7, 11) is 0. The molecular formula is C9H12N2O. The molecule has 0 aliphatic carbocycles. The van der Waals surface area contributed by atoms with Gasteiger partial charge in [-0.3, -0.25) is 0 Å². The van der Waals surface area contributed by atoms with Crippen LogP contribution in [0.3, 0.4) is 0 Å². The minimum absolute atomic E-state index is 0.250. The van der Waals surface area contributed by atoms with Crippen molar-refractivity contribution in [2.75, 3.05) is 12.3 Å². The van der Waals surface area contributed by atoms with Crippen LogP contribution >= 0.6 is 0 Å². The monoisotopic (exact) mass is 164 g/mol. The largest absolute Gasteiger partial charge is 0.505 e. The number of anilines is 1. The molecule has 1 heterocycles. The molecule has 12 heavy (non-hydrogen) atoms. The van der Waals surface area contributed by atoms with Crippen molar-refractivity contribution < 1.29 is 5.11 Å². The van der Waals surface area contributed by atoms with Crippen molar-refractivity contribution in [3.8, 4) is 5.75 Å². The Morgan fingerprint density at radius 3 is 3.08 bits per heavy atom. The molecule has 0 saturated heterocycles. The normalized spacial score (nSPS) is 15.7. The van der Waals surface area contributed by atoms with E-state index in [0.29, 0.717) is 5.69 Å². The van der Waals surface area contributed by atoms with Crippen LogP contribution in [0.15, 0.2) is 12.1 Å². The molecule has 0 bridgehead atoms. The Balaban J connectivity index is 2.54. The molecule has 1 aromatic carbocycles. The smallest absolute Gasteiger partial charge is 0.143 e. The van der Waals surface area contributed by atoms with Crippen LogP contribution in [-0.2, 0) is 13.0 Å². The van der Waals surface area contributed by atoms with Gasteiger partial charge < -0.3 is 16.2 Å². The van der Waals surface area contributed by atoms with Crippen LogP contribution in [0, 0.1) is 0 Å². The highest BCUT2D eigenvalue weighted by molar-refractivity contribution is 5.59. The number of nitrogens with one attached hydrogen (secondary N) is 1. The molecule has 3 nitrogen and oxygen atoms in total. The zero-order chi connectivity index (χ0) is 8.55. The van der Waals surface area contributed by atoms with Gasteiger partial charge in [-0.1, -0.05) is 6.07 Å². The highest BCUT2D eigenvalue weighted by atomic mass is 16.3. The summed E-state index contributed by atoms with van der Waals surface area (Å²) in [5, 5.41) is 12.8. The highest BCUT2D eigenvalue weighted by Gasteiger charge is 2.13. The van der Waals surface area contributed by atoms with Gasteiger partial charge in [0.15, 0.2) is 0 Å². The Morgan fingerprint density at radius 1 is 1.42 bits per heavy atom. The number of rotatable bonds is 0. The van der Waals surface area contributed by atoms with E-state index in [1.165, 1.54) is 5.56 Å². The molecule has 3 heteroatoms. The molecule has 1 aliphatic heterocycles. The molecule has 0 saturated carbocycles. The maximum atomic E-state index is 9.58. The average Bonchev–Trinajstić information content (AvgIpc) is 2.12. The van der Waals surface area contributed by atoms with Gasteiger partial charge in [0.05, 0.1) is 5.69 Å². The minimum atomic E-state index is 0.250. The van der Waals surface area contributed by atoms with Crippen molar-refractivity contribution in [3.63, 3.8) is 0 Å². The summed E-state index contributed by atoms with van der Waals surface area (Å²) in [6, 6.07) is 3.75. The molecule has 1 aliphatic rings. The zero-order valence-electron chi connectivity index (χ0n) is 6.80. The van der Waals surface area contributed by atoms with Crippen LogP contribution in [0.2, 0.25) is 0 Å². The molecule has 2 rings (SSSR count). The van der Waals surface area contributed by atoms with Crippen LogP contribution in [0.1, 0.15) is 11.1 Å². The third-order valence-corrected chi connectivity index (χ3v) is 2.28. The molecule has 1 aromatic rings. The van der Waals surface area contributed by atoms with Crippen LogP contribution < -0.4 is 11.1 Å². The van der Waals surface area contributed by atoms with Gasteiger partial charge in [-0.2, -0.15) is 0 Å². The molecule has 64 valence electrons. The quantitative estimate of drug-likeness (QED) is 0.389. The second-order valence-corrected chi connectivity index (χ2v) is 3.07. The zero-order valence-corrected chi connectivity index (χ0v) is 6.80. The van der Waals surface area contributed by atoms with Crippen LogP contribution in [-0.4, -0.2) is 11.7 Å². The summed E-state index contributed by atoms with van der Waals surface area (Å²) in [6.07, 6.45) is 0.975. The number of nitrogens with two attached hydrogens (primary N) is 1. The first kappa shape index (κ1) is 7.43. The van der Waals surface area contributed by atoms with Crippen molar-refractivity contribution in [3.05, 3.63) is 23.3 Å². The van der Waals surface area contributed by atoms with Gasteiger partial charge in [0, 0.05) is 12.1 Å². The van der Waals surface area contributed by atoms with Crippen LogP contribution in [0.25, 0.3) is 0 Å². The predicted molar refractivity (Wildman–Crippen MR) is 47.9 cm³/mol. The number of nitrogen functional groups attached to an aromatic ring is 1. The van der Waals surface area contributed by atoms with Crippen LogP contribution in [0.5, 0.6) is 5.75 Å². The molecular weight excluding hydrogens is 152 g/mol. The van der Waals surface area contributed by atoms with Gasteiger partial charge in [0.25, 0.3) is 0 Å². The number of hydrogen-bond donors (Lipinski definition) is 3. The fourth-order valence-electron chi connectivity index (χ4n) is 1.56. The van der Waals surface area contributed by atoms with E-state index >= 15 is 0 Å². The number of benzene rings is 1. The molecule has 0 fully saturated rings. The summed E-state index contributed by atoms with van der Waals surface area (Å²) < 4.78 is 0. The van der Waals surface area contributed by atoms with Gasteiger partial charge in [-0.25, -0.2) is 0 Å². The van der Waals surface area contributed by atoms with Crippen molar-refractivity contribution in [2.45, 2.75) is 13.0 Å². The Bertz CT molecular complexity index is 310. The van der Waals surface area contributed by atoms with Gasteiger partial charge >= 0.3 is 0 Å². The molecule has 0 amide bonds. The van der Waals surface area contributed by atoms with Gasteiger partial charge in [0.2, 0.25) is 0 Å². The standard InChI is InChI=1S/C9H12N2O/c10-8-2-1-6-3-4-11-5-7(6)9(8)12/h1-2,11-12H,3-5,10H2. The summed E-state index contributed by atoms with van der Waals surface area (Å²) in [6.45, 7) is 1.71. The average molecular weight is 164 g/mol. The number of phenols is 1. The summed E-state index contributed by atoms with van der Waals surface area (Å²) in [4.78, 5) is 0. The summed E-state index contributed by atoms with van der Waals surface area (Å²) in [5.74, 6) is 0.250. The van der Waals surface area contributed by atoms with E-state index in [1.807, 2.05) is 6.07 Å². The molecule has 0 unspecified atom stereocenters. The Kier molecular flexibility index (Phi) is 1.66. The number of hydrogen-bond acceptors (Lipinski definition) is 3. The lowest BCUT2D eigenvalue weighted by Gasteiger charge is -2.18. The lowest BCUT2D eigenvalue weighted by molar-refractivity contribution is 0.462. The van der Waals surface area contributed by atoms with E-state index in [-0.39, 0.29) is 5.75 Å². The lowest BCUT2D eigenvalue weighted by atomic mass is 9.99. The first-order chi connectivity index (χ1) is 5.79. The number of phenolic OH excluding ortho intramolecular Hbond substituents is 1. The fraction of sp³-hybridized carbons (Fsp3) is 0.333. The minimum Gasteiger partial charge on any atom is -0.505 e. The molecule has 0 radical (unpaired) electrons. The van der Waals surface area contributed by atoms with Crippen molar-refractivity contribution in [1.29, 1.82) is 0 Å². The van der Waals surface area contributed by atoms with Crippen molar-refractivity contribution in [2.24, 2.45) is 0 Å². The Morgan fingerprint density at radius 2 is 2.25 bits per heavy atom. The second-order valence-electron chi connectivity index (χ2n) is 3.07. The third kappa shape index (κ3) is 1.02. The SMILES string of the molecule is Nc1ccc2c(c1O)CNCC2. The first-order valence-corrected chi connectivity index (χ1v) is 4.09. The lowest BCUT2D eigenvalue weighted by Crippen LogP contribution is -2.23. The second kappa shape index (κ2) is 2.68. The fourth-order valence-corrected chi connectivity index (χ4v) is 1.56. The maximum absolute atomic E-state index is 9.58. The van der Waals surface area contributed by atoms with E-state index in [4.69, 9.17) is 5.73 Å². The molecule has 0 spiro atoms. The topological polar surface area (TPSA) is 58.3 Å². The Hall–Kier alpha value is -1.22. The van der Waals surface area contributed by atoms with Crippen molar-refractivity contribution >= 4 is 5.69 Å². The van der Waals surface area contributed by atoms with Gasteiger partial charge in [-0.05, 0) is 24.6 Å². The van der Waals surface area contributed by atoms with E-state index < -0.39 is 0 Å². The first-order valence-electron chi connectivity index (χ1n) is 4.09. The number of aromatic hydroxyl groups is 1. The number of fused-ring (bicyclic) bond motifs is 1. The molecule has 0 aromatic heterocycles. The van der Waals surface area contributed by atoms with Gasteiger partial charge in [0.1, 0.15) is 5.75 Å². The van der Waals surface area contributed by atoms with E-state index in [0.717, 1.165) is 25.1 Å². The van der Waals surface area contributed by atoms with Gasteiger partial charge in [-0.15, -0.1) is 0 Å². The van der Waals surface area contributed by atoms with E-state index in [1.54, 1.807) is 6.07 Å². The predicted octanol–water partition coefficient (Wildman–Crippen LogP) is 0.620. The highest BCUT2D eigenvalue weighted by Crippen LogP contribution is 2.29. The van der Waals surface area contributed by atoms with Crippen molar-refractivity contribution in [1.82, 2.24) is 5.32 Å². The summed E-state index contributed by atoms with van der Waals surface area (Å²) >= 11 is 0. The van der Waals surface area contributed by atoms with E-state index in [9.17, 15) is 5.11 Å². The summed E-state index contributed by atoms with van der Waals surface area (Å²) in [5.41, 5.74) is 8.20.